The minimum Gasteiger partial charge on any atom is -0.398 e. The van der Waals surface area contributed by atoms with E-state index in [-0.39, 0.29) is 4.90 Å². The van der Waals surface area contributed by atoms with E-state index in [0.717, 1.165) is 19.6 Å². The molecule has 0 radical (unpaired) electrons. The van der Waals surface area contributed by atoms with Crippen LogP contribution in [0.3, 0.4) is 0 Å². The Kier molecular flexibility index (Phi) is 4.59. The summed E-state index contributed by atoms with van der Waals surface area (Å²) in [5, 5.41) is 0.346. The highest BCUT2D eigenvalue weighted by Crippen LogP contribution is 2.28. The third kappa shape index (κ3) is 2.93. The van der Waals surface area contributed by atoms with E-state index >= 15 is 0 Å². The van der Waals surface area contributed by atoms with Crippen LogP contribution in [0.1, 0.15) is 12.5 Å². The predicted octanol–water partition coefficient (Wildman–Crippen LogP) is 1.56. The largest absolute Gasteiger partial charge is 0.398 e. The van der Waals surface area contributed by atoms with Crippen molar-refractivity contribution >= 4 is 27.3 Å². The highest BCUT2D eigenvalue weighted by Gasteiger charge is 2.29. The average molecular weight is 318 g/mol. The highest BCUT2D eigenvalue weighted by molar-refractivity contribution is 7.89. The van der Waals surface area contributed by atoms with Crippen LogP contribution < -0.4 is 5.73 Å². The first-order valence-electron chi connectivity index (χ1n) is 6.64. The van der Waals surface area contributed by atoms with Gasteiger partial charge in [0.05, 0.1) is 4.90 Å². The van der Waals surface area contributed by atoms with Crippen LogP contribution in [0.25, 0.3) is 0 Å². The molecule has 1 heterocycles. The van der Waals surface area contributed by atoms with Gasteiger partial charge in [-0.25, -0.2) is 8.42 Å². The molecule has 1 aliphatic heterocycles. The second kappa shape index (κ2) is 5.89. The van der Waals surface area contributed by atoms with Crippen molar-refractivity contribution in [1.29, 1.82) is 0 Å². The first-order chi connectivity index (χ1) is 9.36. The van der Waals surface area contributed by atoms with Crippen LogP contribution in [0.15, 0.2) is 17.0 Å². The summed E-state index contributed by atoms with van der Waals surface area (Å²) in [6.45, 7) is 7.24. The number of sulfonamides is 1. The molecular formula is C13H20ClN3O2S. The molecule has 0 atom stereocenters. The van der Waals surface area contributed by atoms with Crippen LogP contribution in [-0.2, 0) is 10.0 Å². The molecule has 0 aliphatic carbocycles. The van der Waals surface area contributed by atoms with Gasteiger partial charge >= 0.3 is 0 Å². The van der Waals surface area contributed by atoms with Gasteiger partial charge in [0.15, 0.2) is 0 Å². The fourth-order valence-corrected chi connectivity index (χ4v) is 4.36. The number of nitrogens with zero attached hydrogens (tertiary/aromatic N) is 2. The fourth-order valence-electron chi connectivity index (χ4n) is 2.37. The van der Waals surface area contributed by atoms with E-state index in [1.165, 1.54) is 10.4 Å². The molecule has 1 aliphatic rings. The minimum atomic E-state index is -3.53. The Labute approximate surface area is 125 Å². The Morgan fingerprint density at radius 3 is 2.40 bits per heavy atom. The summed E-state index contributed by atoms with van der Waals surface area (Å²) >= 11 is 5.94. The zero-order valence-electron chi connectivity index (χ0n) is 11.8. The standard InChI is InChI=1S/C13H20ClN3O2S/c1-3-16-4-6-17(7-5-16)20(18,19)13-9-11(14)8-12(15)10(13)2/h8-9H,3-7,15H2,1-2H3. The molecule has 112 valence electrons. The van der Waals surface area contributed by atoms with Gasteiger partial charge in [0.25, 0.3) is 0 Å². The number of likely N-dealkylation sites (N-methyl/N-ethyl adjacent to an activating group) is 1. The quantitative estimate of drug-likeness (QED) is 0.859. The third-order valence-electron chi connectivity index (χ3n) is 3.76. The molecule has 1 fully saturated rings. The smallest absolute Gasteiger partial charge is 0.243 e. The molecule has 1 saturated heterocycles. The average Bonchev–Trinajstić information content (AvgIpc) is 2.42. The van der Waals surface area contributed by atoms with Gasteiger partial charge in [0, 0.05) is 36.9 Å². The van der Waals surface area contributed by atoms with Gasteiger partial charge in [-0.2, -0.15) is 4.31 Å². The van der Waals surface area contributed by atoms with Crippen LogP contribution in [-0.4, -0.2) is 50.3 Å². The van der Waals surface area contributed by atoms with E-state index in [1.807, 2.05) is 0 Å². The Hall–Kier alpha value is -0.820. The van der Waals surface area contributed by atoms with Crippen molar-refractivity contribution in [3.05, 3.63) is 22.7 Å². The minimum absolute atomic E-state index is 0.215. The van der Waals surface area contributed by atoms with E-state index in [2.05, 4.69) is 11.8 Å². The van der Waals surface area contributed by atoms with E-state index in [1.54, 1.807) is 13.0 Å². The zero-order chi connectivity index (χ0) is 14.9. The molecule has 1 aromatic rings. The highest BCUT2D eigenvalue weighted by atomic mass is 35.5. The Morgan fingerprint density at radius 1 is 1.25 bits per heavy atom. The second-order valence-corrected chi connectivity index (χ2v) is 7.30. The van der Waals surface area contributed by atoms with Gasteiger partial charge in [-0.05, 0) is 31.2 Å². The van der Waals surface area contributed by atoms with Crippen LogP contribution in [0.5, 0.6) is 0 Å². The fraction of sp³-hybridized carbons (Fsp3) is 0.538. The summed E-state index contributed by atoms with van der Waals surface area (Å²) in [6.07, 6.45) is 0. The van der Waals surface area contributed by atoms with Crippen LogP contribution in [0.2, 0.25) is 5.02 Å². The van der Waals surface area contributed by atoms with Crippen LogP contribution >= 0.6 is 11.6 Å². The van der Waals surface area contributed by atoms with Gasteiger partial charge in [-0.1, -0.05) is 18.5 Å². The lowest BCUT2D eigenvalue weighted by atomic mass is 10.2. The number of nitrogen functional groups attached to an aromatic ring is 1. The number of piperazine rings is 1. The molecule has 2 rings (SSSR count). The third-order valence-corrected chi connectivity index (χ3v) is 6.00. The maximum Gasteiger partial charge on any atom is 0.243 e. The number of anilines is 1. The van der Waals surface area contributed by atoms with Crippen LogP contribution in [0, 0.1) is 6.92 Å². The predicted molar refractivity (Wildman–Crippen MR) is 81.5 cm³/mol. The summed E-state index contributed by atoms with van der Waals surface area (Å²) in [4.78, 5) is 2.44. The SMILES string of the molecule is CCN1CCN(S(=O)(=O)c2cc(Cl)cc(N)c2C)CC1. The van der Waals surface area contributed by atoms with Gasteiger partial charge in [-0.15, -0.1) is 0 Å². The number of rotatable bonds is 3. The summed E-state index contributed by atoms with van der Waals surface area (Å²) in [7, 11) is -3.53. The first-order valence-corrected chi connectivity index (χ1v) is 8.46. The van der Waals surface area contributed by atoms with Crippen LogP contribution in [0.4, 0.5) is 5.69 Å². The van der Waals surface area contributed by atoms with Gasteiger partial charge < -0.3 is 10.6 Å². The monoisotopic (exact) mass is 317 g/mol. The Bertz CT molecular complexity index is 596. The van der Waals surface area contributed by atoms with Crippen molar-refractivity contribution in [2.75, 3.05) is 38.5 Å². The van der Waals surface area contributed by atoms with Crippen molar-refractivity contribution in [3.63, 3.8) is 0 Å². The molecule has 5 nitrogen and oxygen atoms in total. The van der Waals surface area contributed by atoms with Gasteiger partial charge in [0.1, 0.15) is 0 Å². The lowest BCUT2D eigenvalue weighted by Crippen LogP contribution is -2.48. The lowest BCUT2D eigenvalue weighted by molar-refractivity contribution is 0.196. The van der Waals surface area contributed by atoms with Crippen molar-refractivity contribution < 1.29 is 8.42 Å². The number of hydrogen-bond acceptors (Lipinski definition) is 4. The maximum absolute atomic E-state index is 12.7. The number of halogens is 1. The summed E-state index contributed by atoms with van der Waals surface area (Å²) in [5.41, 5.74) is 6.78. The second-order valence-electron chi connectivity index (χ2n) is 4.96. The van der Waals surface area contributed by atoms with Crippen molar-refractivity contribution in [2.45, 2.75) is 18.7 Å². The molecule has 0 spiro atoms. The molecular weight excluding hydrogens is 298 g/mol. The molecule has 0 amide bonds. The number of benzene rings is 1. The molecule has 0 unspecified atom stereocenters. The van der Waals surface area contributed by atoms with E-state index in [9.17, 15) is 8.42 Å². The molecule has 0 bridgehead atoms. The number of hydrogen-bond donors (Lipinski definition) is 1. The summed E-state index contributed by atoms with van der Waals surface area (Å²) in [5.74, 6) is 0. The zero-order valence-corrected chi connectivity index (χ0v) is 13.3. The lowest BCUT2D eigenvalue weighted by Gasteiger charge is -2.33. The van der Waals surface area contributed by atoms with Crippen molar-refractivity contribution in [3.8, 4) is 0 Å². The van der Waals surface area contributed by atoms with E-state index in [0.29, 0.717) is 29.4 Å². The topological polar surface area (TPSA) is 66.6 Å². The molecule has 7 heteroatoms. The maximum atomic E-state index is 12.7. The van der Waals surface area contributed by atoms with Gasteiger partial charge in [0.2, 0.25) is 10.0 Å². The van der Waals surface area contributed by atoms with Gasteiger partial charge in [-0.3, -0.25) is 0 Å². The molecule has 0 aromatic heterocycles. The van der Waals surface area contributed by atoms with Crippen molar-refractivity contribution in [2.24, 2.45) is 0 Å². The normalized spacial score (nSPS) is 18.4. The Morgan fingerprint density at radius 2 is 1.85 bits per heavy atom. The first kappa shape index (κ1) is 15.6. The Balaban J connectivity index is 2.32. The molecule has 0 saturated carbocycles. The number of nitrogens with two attached hydrogens (primary N) is 1. The molecule has 1 aromatic carbocycles. The molecule has 20 heavy (non-hydrogen) atoms. The molecule has 2 N–H and O–H groups in total. The van der Waals surface area contributed by atoms with Crippen molar-refractivity contribution in [1.82, 2.24) is 9.21 Å². The van der Waals surface area contributed by atoms with E-state index < -0.39 is 10.0 Å². The summed E-state index contributed by atoms with van der Waals surface area (Å²) < 4.78 is 26.9. The van der Waals surface area contributed by atoms with E-state index in [4.69, 9.17) is 17.3 Å². The summed E-state index contributed by atoms with van der Waals surface area (Å²) in [6, 6.07) is 3.06.